The molecule has 0 fully saturated rings. The monoisotopic (exact) mass is 367 g/mol. The molecule has 0 saturated carbocycles. The van der Waals surface area contributed by atoms with Crippen molar-refractivity contribution in [2.75, 3.05) is 4.72 Å². The summed E-state index contributed by atoms with van der Waals surface area (Å²) in [5.74, 6) is -0.990. The van der Waals surface area contributed by atoms with Crippen molar-refractivity contribution in [2.24, 2.45) is 0 Å². The summed E-state index contributed by atoms with van der Waals surface area (Å²) in [5, 5.41) is 8.97. The number of carboxylic acids is 1. The number of aromatic carboxylic acids is 1. The second-order valence-electron chi connectivity index (χ2n) is 5.88. The van der Waals surface area contributed by atoms with Crippen LogP contribution in [0.3, 0.4) is 0 Å². The highest BCUT2D eigenvalue weighted by atomic mass is 32.2. The lowest BCUT2D eigenvalue weighted by Crippen LogP contribution is -2.12. The number of sulfonamides is 1. The Morgan fingerprint density at radius 3 is 2.15 bits per heavy atom. The normalized spacial score (nSPS) is 11.1. The van der Waals surface area contributed by atoms with E-state index in [1.165, 1.54) is 12.1 Å². The Hall–Kier alpha value is -3.12. The van der Waals surface area contributed by atoms with E-state index in [1.807, 2.05) is 13.0 Å². The van der Waals surface area contributed by atoms with Crippen LogP contribution in [0.2, 0.25) is 0 Å². The quantitative estimate of drug-likeness (QED) is 0.709. The smallest absolute Gasteiger partial charge is 0.335 e. The van der Waals surface area contributed by atoms with Crippen molar-refractivity contribution in [3.63, 3.8) is 0 Å². The summed E-state index contributed by atoms with van der Waals surface area (Å²) in [7, 11) is -3.67. The van der Waals surface area contributed by atoms with Gasteiger partial charge >= 0.3 is 5.97 Å². The molecule has 0 unspecified atom stereocenters. The van der Waals surface area contributed by atoms with Crippen LogP contribution in [0, 0.1) is 6.92 Å². The summed E-state index contributed by atoms with van der Waals surface area (Å²) in [6.45, 7) is 1.89. The molecule has 0 heterocycles. The van der Waals surface area contributed by atoms with Gasteiger partial charge in [-0.05, 0) is 54.4 Å². The van der Waals surface area contributed by atoms with E-state index in [0.717, 1.165) is 16.7 Å². The Kier molecular flexibility index (Phi) is 4.77. The largest absolute Gasteiger partial charge is 0.478 e. The van der Waals surface area contributed by atoms with E-state index in [4.69, 9.17) is 5.11 Å². The molecule has 0 saturated heterocycles. The van der Waals surface area contributed by atoms with E-state index >= 15 is 0 Å². The molecule has 0 aliphatic carbocycles. The molecule has 26 heavy (non-hydrogen) atoms. The first-order valence-electron chi connectivity index (χ1n) is 7.88. The number of aryl methyl sites for hydroxylation is 1. The van der Waals surface area contributed by atoms with Gasteiger partial charge in [0.15, 0.2) is 0 Å². The molecule has 132 valence electrons. The summed E-state index contributed by atoms with van der Waals surface area (Å²) in [6.07, 6.45) is 0. The van der Waals surface area contributed by atoms with Crippen molar-refractivity contribution in [1.82, 2.24) is 0 Å². The van der Waals surface area contributed by atoms with E-state index < -0.39 is 16.0 Å². The Morgan fingerprint density at radius 1 is 0.885 bits per heavy atom. The highest BCUT2D eigenvalue weighted by molar-refractivity contribution is 7.92. The van der Waals surface area contributed by atoms with Crippen LogP contribution < -0.4 is 4.72 Å². The van der Waals surface area contributed by atoms with Gasteiger partial charge in [0.1, 0.15) is 0 Å². The van der Waals surface area contributed by atoms with Crippen molar-refractivity contribution < 1.29 is 18.3 Å². The topological polar surface area (TPSA) is 83.5 Å². The Balaban J connectivity index is 1.87. The summed E-state index contributed by atoms with van der Waals surface area (Å²) in [5.41, 5.74) is 3.20. The van der Waals surface area contributed by atoms with Crippen molar-refractivity contribution in [3.05, 3.63) is 83.9 Å². The minimum atomic E-state index is -3.67. The standard InChI is InChI=1S/C20H17NO4S/c1-14-5-11-19(12-6-14)26(24,25)21-18-4-2-3-17(13-18)15-7-9-16(10-8-15)20(22)23/h2-13,21H,1H3,(H,22,23). The Bertz CT molecular complexity index is 1040. The minimum absolute atomic E-state index is 0.194. The van der Waals surface area contributed by atoms with Gasteiger partial charge in [-0.3, -0.25) is 4.72 Å². The maximum Gasteiger partial charge on any atom is 0.335 e. The molecule has 5 nitrogen and oxygen atoms in total. The third-order valence-corrected chi connectivity index (χ3v) is 5.31. The average Bonchev–Trinajstić information content (AvgIpc) is 2.62. The maximum absolute atomic E-state index is 12.5. The van der Waals surface area contributed by atoms with Crippen molar-refractivity contribution in [1.29, 1.82) is 0 Å². The molecule has 6 heteroatoms. The summed E-state index contributed by atoms with van der Waals surface area (Å²) in [6, 6.07) is 20.0. The molecule has 3 aromatic rings. The van der Waals surface area contributed by atoms with E-state index in [-0.39, 0.29) is 10.5 Å². The number of carbonyl (C=O) groups is 1. The second kappa shape index (κ2) is 7.01. The SMILES string of the molecule is Cc1ccc(S(=O)(=O)Nc2cccc(-c3ccc(C(=O)O)cc3)c2)cc1. The highest BCUT2D eigenvalue weighted by Crippen LogP contribution is 2.25. The van der Waals surface area contributed by atoms with Crippen LogP contribution in [-0.4, -0.2) is 19.5 Å². The van der Waals surface area contributed by atoms with Crippen molar-refractivity contribution in [2.45, 2.75) is 11.8 Å². The van der Waals surface area contributed by atoms with Crippen molar-refractivity contribution >= 4 is 21.7 Å². The second-order valence-corrected chi connectivity index (χ2v) is 7.56. The number of carboxylic acid groups (broad SMARTS) is 1. The molecule has 3 rings (SSSR count). The van der Waals surface area contributed by atoms with E-state index in [2.05, 4.69) is 4.72 Å². The fraction of sp³-hybridized carbons (Fsp3) is 0.0500. The van der Waals surface area contributed by atoms with Gasteiger partial charge in [-0.2, -0.15) is 0 Å². The molecular formula is C20H17NO4S. The van der Waals surface area contributed by atoms with Gasteiger partial charge in [0, 0.05) is 5.69 Å². The zero-order valence-electron chi connectivity index (χ0n) is 14.0. The number of nitrogens with one attached hydrogen (secondary N) is 1. The zero-order valence-corrected chi connectivity index (χ0v) is 14.8. The molecule has 0 aliphatic heterocycles. The van der Waals surface area contributed by atoms with Crippen LogP contribution >= 0.6 is 0 Å². The first-order chi connectivity index (χ1) is 12.3. The predicted octanol–water partition coefficient (Wildman–Crippen LogP) is 4.16. The number of benzene rings is 3. The fourth-order valence-electron chi connectivity index (χ4n) is 2.50. The fourth-order valence-corrected chi connectivity index (χ4v) is 3.55. The van der Waals surface area contributed by atoms with Crippen LogP contribution in [0.4, 0.5) is 5.69 Å². The molecule has 0 atom stereocenters. The zero-order chi connectivity index (χ0) is 18.7. The molecule has 3 aromatic carbocycles. The van der Waals surface area contributed by atoms with E-state index in [0.29, 0.717) is 5.69 Å². The molecule has 0 spiro atoms. The number of hydrogen-bond acceptors (Lipinski definition) is 3. The highest BCUT2D eigenvalue weighted by Gasteiger charge is 2.14. The Labute approximate surface area is 152 Å². The van der Waals surface area contributed by atoms with Gasteiger partial charge in [-0.1, -0.05) is 42.0 Å². The minimum Gasteiger partial charge on any atom is -0.478 e. The molecule has 2 N–H and O–H groups in total. The van der Waals surface area contributed by atoms with Crippen LogP contribution in [0.15, 0.2) is 77.7 Å². The Morgan fingerprint density at radius 2 is 1.54 bits per heavy atom. The molecule has 0 radical (unpaired) electrons. The summed E-state index contributed by atoms with van der Waals surface area (Å²) in [4.78, 5) is 11.1. The number of anilines is 1. The number of hydrogen-bond donors (Lipinski definition) is 2. The van der Waals surface area contributed by atoms with Gasteiger partial charge in [-0.15, -0.1) is 0 Å². The number of rotatable bonds is 5. The molecule has 0 bridgehead atoms. The van der Waals surface area contributed by atoms with Gasteiger partial charge in [-0.25, -0.2) is 13.2 Å². The van der Waals surface area contributed by atoms with Gasteiger partial charge in [0.2, 0.25) is 0 Å². The maximum atomic E-state index is 12.5. The first-order valence-corrected chi connectivity index (χ1v) is 9.37. The summed E-state index contributed by atoms with van der Waals surface area (Å²) >= 11 is 0. The van der Waals surface area contributed by atoms with Crippen LogP contribution in [0.5, 0.6) is 0 Å². The third-order valence-electron chi connectivity index (χ3n) is 3.91. The lowest BCUT2D eigenvalue weighted by molar-refractivity contribution is 0.0697. The van der Waals surface area contributed by atoms with E-state index in [9.17, 15) is 13.2 Å². The third kappa shape index (κ3) is 3.92. The summed E-state index contributed by atoms with van der Waals surface area (Å²) < 4.78 is 27.6. The molecule has 0 amide bonds. The lowest BCUT2D eigenvalue weighted by Gasteiger charge is -2.10. The van der Waals surface area contributed by atoms with E-state index in [1.54, 1.807) is 54.6 Å². The van der Waals surface area contributed by atoms with Crippen LogP contribution in [0.1, 0.15) is 15.9 Å². The van der Waals surface area contributed by atoms with Crippen LogP contribution in [0.25, 0.3) is 11.1 Å². The average molecular weight is 367 g/mol. The first kappa shape index (κ1) is 17.7. The lowest BCUT2D eigenvalue weighted by atomic mass is 10.0. The molecular weight excluding hydrogens is 350 g/mol. The van der Waals surface area contributed by atoms with Gasteiger partial charge < -0.3 is 5.11 Å². The van der Waals surface area contributed by atoms with Gasteiger partial charge in [0.25, 0.3) is 10.0 Å². The predicted molar refractivity (Wildman–Crippen MR) is 101 cm³/mol. The van der Waals surface area contributed by atoms with Crippen LogP contribution in [-0.2, 0) is 10.0 Å². The van der Waals surface area contributed by atoms with Gasteiger partial charge in [0.05, 0.1) is 10.5 Å². The molecule has 0 aliphatic rings. The van der Waals surface area contributed by atoms with Crippen molar-refractivity contribution in [3.8, 4) is 11.1 Å². The molecule has 0 aromatic heterocycles.